The Morgan fingerprint density at radius 3 is 2.68 bits per heavy atom. The average molecular weight is 439 g/mol. The summed E-state index contributed by atoms with van der Waals surface area (Å²) in [5.74, 6) is 1.61. The number of anilines is 1. The molecule has 5 rings (SSSR count). The number of fused-ring (bicyclic) bond motifs is 3. The number of hydrogen-bond donors (Lipinski definition) is 2. The maximum absolute atomic E-state index is 13.2. The van der Waals surface area contributed by atoms with E-state index in [0.717, 1.165) is 41.8 Å². The summed E-state index contributed by atoms with van der Waals surface area (Å²) in [6.45, 7) is 6.97. The van der Waals surface area contributed by atoms with Crippen molar-refractivity contribution in [2.75, 3.05) is 5.32 Å². The normalized spacial score (nSPS) is 20.6. The van der Waals surface area contributed by atoms with Gasteiger partial charge in [-0.3, -0.25) is 4.79 Å². The Balaban J connectivity index is 1.40. The molecule has 0 bridgehead atoms. The third-order valence-electron chi connectivity index (χ3n) is 7.10. The van der Waals surface area contributed by atoms with Gasteiger partial charge in [0.1, 0.15) is 22.3 Å². The minimum atomic E-state index is -0.419. The summed E-state index contributed by atoms with van der Waals surface area (Å²) in [5, 5.41) is 7.47. The number of rotatable bonds is 4. The minimum absolute atomic E-state index is 0.0378. The predicted octanol–water partition coefficient (Wildman–Crippen LogP) is 6.54. The van der Waals surface area contributed by atoms with E-state index >= 15 is 0 Å². The van der Waals surface area contributed by atoms with Crippen LogP contribution in [0.4, 0.5) is 9.39 Å². The molecule has 6 heteroatoms. The molecule has 2 aromatic heterocycles. The van der Waals surface area contributed by atoms with E-state index in [1.807, 2.05) is 12.1 Å². The zero-order chi connectivity index (χ0) is 21.8. The fourth-order valence-electron chi connectivity index (χ4n) is 4.67. The van der Waals surface area contributed by atoms with Gasteiger partial charge in [-0.2, -0.15) is 0 Å². The van der Waals surface area contributed by atoms with E-state index in [2.05, 4.69) is 31.4 Å². The number of halogens is 1. The van der Waals surface area contributed by atoms with E-state index in [1.165, 1.54) is 22.6 Å². The van der Waals surface area contributed by atoms with Gasteiger partial charge in [-0.1, -0.05) is 27.2 Å². The van der Waals surface area contributed by atoms with Crippen LogP contribution in [0.1, 0.15) is 66.3 Å². The van der Waals surface area contributed by atoms with Crippen molar-refractivity contribution in [2.45, 2.75) is 52.6 Å². The summed E-state index contributed by atoms with van der Waals surface area (Å²) >= 11 is 1.72. The molecule has 2 atom stereocenters. The van der Waals surface area contributed by atoms with Crippen molar-refractivity contribution in [3.05, 3.63) is 64.0 Å². The monoisotopic (exact) mass is 438 g/mol. The van der Waals surface area contributed by atoms with Gasteiger partial charge < -0.3 is 15.1 Å². The molecule has 1 aliphatic carbocycles. The highest BCUT2D eigenvalue weighted by Crippen LogP contribution is 2.47. The lowest BCUT2D eigenvalue weighted by molar-refractivity contribution is 0.0930. The van der Waals surface area contributed by atoms with Crippen LogP contribution in [0.15, 0.2) is 40.8 Å². The van der Waals surface area contributed by atoms with Crippen molar-refractivity contribution in [3.63, 3.8) is 0 Å². The van der Waals surface area contributed by atoms with Crippen molar-refractivity contribution in [1.29, 1.82) is 0 Å². The SMILES string of the molecule is CCC(C)(C)[C@@H]1CCc2c(sc3c2C(=O)N[C@@H](c2ccc(-c4ccc(F)cc4)o2)N3)C1. The molecule has 0 fully saturated rings. The summed E-state index contributed by atoms with van der Waals surface area (Å²) in [6.07, 6.45) is 3.88. The van der Waals surface area contributed by atoms with Crippen LogP contribution in [-0.2, 0) is 12.8 Å². The van der Waals surface area contributed by atoms with E-state index < -0.39 is 6.17 Å². The van der Waals surface area contributed by atoms with Gasteiger partial charge >= 0.3 is 0 Å². The molecule has 1 aromatic carbocycles. The fraction of sp³-hybridized carbons (Fsp3) is 0.400. The zero-order valence-electron chi connectivity index (χ0n) is 18.0. The highest BCUT2D eigenvalue weighted by atomic mass is 32.1. The molecule has 0 saturated heterocycles. The van der Waals surface area contributed by atoms with Gasteiger partial charge in [-0.15, -0.1) is 11.3 Å². The molecule has 31 heavy (non-hydrogen) atoms. The Labute approximate surface area is 185 Å². The highest BCUT2D eigenvalue weighted by molar-refractivity contribution is 7.16. The topological polar surface area (TPSA) is 54.3 Å². The van der Waals surface area contributed by atoms with Crippen molar-refractivity contribution < 1.29 is 13.6 Å². The van der Waals surface area contributed by atoms with Gasteiger partial charge in [0.2, 0.25) is 0 Å². The van der Waals surface area contributed by atoms with Crippen molar-refractivity contribution in [3.8, 4) is 11.3 Å². The van der Waals surface area contributed by atoms with Gasteiger partial charge in [0.15, 0.2) is 6.17 Å². The van der Waals surface area contributed by atoms with Crippen molar-refractivity contribution >= 4 is 22.2 Å². The number of amides is 1. The molecular formula is C25H27FN2O2S. The van der Waals surface area contributed by atoms with Crippen LogP contribution in [-0.4, -0.2) is 5.91 Å². The number of furan rings is 1. The largest absolute Gasteiger partial charge is 0.457 e. The third-order valence-corrected chi connectivity index (χ3v) is 8.29. The highest BCUT2D eigenvalue weighted by Gasteiger charge is 2.37. The number of carbonyl (C=O) groups is 1. The minimum Gasteiger partial charge on any atom is -0.457 e. The van der Waals surface area contributed by atoms with Crippen LogP contribution in [0.25, 0.3) is 11.3 Å². The number of hydrogen-bond acceptors (Lipinski definition) is 4. The van der Waals surface area contributed by atoms with Crippen molar-refractivity contribution in [2.24, 2.45) is 11.3 Å². The molecular weight excluding hydrogens is 411 g/mol. The van der Waals surface area contributed by atoms with E-state index in [-0.39, 0.29) is 11.7 Å². The molecule has 0 saturated carbocycles. The lowest BCUT2D eigenvalue weighted by Crippen LogP contribution is -2.38. The van der Waals surface area contributed by atoms with E-state index in [0.29, 0.717) is 22.9 Å². The molecule has 0 radical (unpaired) electrons. The summed E-state index contributed by atoms with van der Waals surface area (Å²) in [4.78, 5) is 14.4. The Kier molecular flexibility index (Phi) is 4.93. The lowest BCUT2D eigenvalue weighted by atomic mass is 9.69. The first-order valence-electron chi connectivity index (χ1n) is 10.9. The number of carbonyl (C=O) groups excluding carboxylic acids is 1. The van der Waals surface area contributed by atoms with Crippen LogP contribution in [0.2, 0.25) is 0 Å². The Morgan fingerprint density at radius 2 is 1.94 bits per heavy atom. The fourth-order valence-corrected chi connectivity index (χ4v) is 6.03. The smallest absolute Gasteiger partial charge is 0.256 e. The molecule has 3 heterocycles. The number of thiophene rings is 1. The van der Waals surface area contributed by atoms with E-state index in [4.69, 9.17) is 4.42 Å². The molecule has 1 aliphatic heterocycles. The Hall–Kier alpha value is -2.60. The number of benzene rings is 1. The zero-order valence-corrected chi connectivity index (χ0v) is 18.9. The van der Waals surface area contributed by atoms with Gasteiger partial charge in [-0.05, 0) is 72.6 Å². The van der Waals surface area contributed by atoms with Gasteiger partial charge in [0, 0.05) is 10.4 Å². The van der Waals surface area contributed by atoms with E-state index in [1.54, 1.807) is 23.5 Å². The van der Waals surface area contributed by atoms with Crippen LogP contribution in [0.5, 0.6) is 0 Å². The third kappa shape index (κ3) is 3.57. The summed E-state index contributed by atoms with van der Waals surface area (Å²) in [5.41, 5.74) is 3.14. The molecule has 4 nitrogen and oxygen atoms in total. The van der Waals surface area contributed by atoms with Gasteiger partial charge in [-0.25, -0.2) is 4.39 Å². The molecule has 0 unspecified atom stereocenters. The molecule has 3 aromatic rings. The Morgan fingerprint density at radius 1 is 1.16 bits per heavy atom. The summed E-state index contributed by atoms with van der Waals surface area (Å²) in [7, 11) is 0. The molecule has 2 N–H and O–H groups in total. The predicted molar refractivity (Wildman–Crippen MR) is 122 cm³/mol. The second kappa shape index (κ2) is 7.52. The van der Waals surface area contributed by atoms with Crippen LogP contribution < -0.4 is 10.6 Å². The first-order chi connectivity index (χ1) is 14.9. The van der Waals surface area contributed by atoms with Crippen LogP contribution in [0.3, 0.4) is 0 Å². The van der Waals surface area contributed by atoms with Crippen LogP contribution >= 0.6 is 11.3 Å². The van der Waals surface area contributed by atoms with Crippen LogP contribution in [0, 0.1) is 17.2 Å². The molecule has 1 amide bonds. The average Bonchev–Trinajstić information content (AvgIpc) is 3.38. The second-order valence-electron chi connectivity index (χ2n) is 9.25. The number of nitrogens with one attached hydrogen (secondary N) is 2. The van der Waals surface area contributed by atoms with E-state index in [9.17, 15) is 9.18 Å². The Bertz CT molecular complexity index is 1130. The maximum Gasteiger partial charge on any atom is 0.256 e. The summed E-state index contributed by atoms with van der Waals surface area (Å²) in [6, 6.07) is 9.90. The maximum atomic E-state index is 13.2. The summed E-state index contributed by atoms with van der Waals surface area (Å²) < 4.78 is 19.2. The molecule has 0 spiro atoms. The quantitative estimate of drug-likeness (QED) is 0.486. The first kappa shape index (κ1) is 20.3. The van der Waals surface area contributed by atoms with Gasteiger partial charge in [0.05, 0.1) is 5.56 Å². The lowest BCUT2D eigenvalue weighted by Gasteiger charge is -2.36. The standard InChI is InChI=1S/C25H27FN2O2S/c1-4-25(2,3)15-7-10-17-20(13-15)31-24-21(17)23(29)27-22(28-24)19-12-11-18(30-19)14-5-8-16(26)9-6-14/h5-6,8-9,11-12,15,22,28H,4,7,10,13H2,1-3H3,(H,27,29)/t15-,22-/m1/s1. The van der Waals surface area contributed by atoms with Crippen molar-refractivity contribution in [1.82, 2.24) is 5.32 Å². The first-order valence-corrected chi connectivity index (χ1v) is 11.7. The molecule has 2 aliphatic rings. The van der Waals surface area contributed by atoms with Gasteiger partial charge in [0.25, 0.3) is 5.91 Å². The second-order valence-corrected chi connectivity index (χ2v) is 10.4. The molecule has 162 valence electrons.